The Balaban J connectivity index is 1.44. The minimum absolute atomic E-state index is 0.632. The minimum atomic E-state index is 0.632. The molecule has 3 aromatic heterocycles. The summed E-state index contributed by atoms with van der Waals surface area (Å²) in [5, 5.41) is 22.2. The second-order valence-corrected chi connectivity index (χ2v) is 6.58. The molecule has 8 nitrogen and oxygen atoms in total. The van der Waals surface area contributed by atoms with Crippen molar-refractivity contribution in [2.75, 3.05) is 36.0 Å². The molecule has 136 valence electrons. The van der Waals surface area contributed by atoms with E-state index in [1.807, 2.05) is 38.1 Å². The molecule has 1 aliphatic rings. The summed E-state index contributed by atoms with van der Waals surface area (Å²) in [7, 11) is 0. The minimum Gasteiger partial charge on any atom is -0.353 e. The highest BCUT2D eigenvalue weighted by molar-refractivity contribution is 5.48. The molecular weight excluding hydrogens is 340 g/mol. The summed E-state index contributed by atoms with van der Waals surface area (Å²) >= 11 is 0. The van der Waals surface area contributed by atoms with E-state index in [2.05, 4.69) is 36.1 Å². The molecule has 4 rings (SSSR count). The van der Waals surface area contributed by atoms with Gasteiger partial charge >= 0.3 is 0 Å². The van der Waals surface area contributed by atoms with Gasteiger partial charge < -0.3 is 9.80 Å². The van der Waals surface area contributed by atoms with Crippen LogP contribution in [0.2, 0.25) is 0 Å². The lowest BCUT2D eigenvalue weighted by Gasteiger charge is -2.35. The zero-order valence-electron chi connectivity index (χ0n) is 15.4. The zero-order valence-corrected chi connectivity index (χ0v) is 15.4. The van der Waals surface area contributed by atoms with E-state index in [0.717, 1.165) is 55.0 Å². The van der Waals surface area contributed by atoms with Gasteiger partial charge in [-0.3, -0.25) is 0 Å². The summed E-state index contributed by atoms with van der Waals surface area (Å²) in [4.78, 5) is 8.78. The van der Waals surface area contributed by atoms with E-state index in [1.54, 1.807) is 16.9 Å². The summed E-state index contributed by atoms with van der Waals surface area (Å²) < 4.78 is 1.80. The van der Waals surface area contributed by atoms with Crippen LogP contribution >= 0.6 is 0 Å². The van der Waals surface area contributed by atoms with Crippen LogP contribution in [0.1, 0.15) is 17.0 Å². The van der Waals surface area contributed by atoms with Crippen molar-refractivity contribution in [3.05, 3.63) is 53.5 Å². The lowest BCUT2D eigenvalue weighted by Crippen LogP contribution is -2.47. The van der Waals surface area contributed by atoms with Crippen LogP contribution in [-0.2, 0) is 0 Å². The van der Waals surface area contributed by atoms with Crippen LogP contribution in [0.15, 0.2) is 36.5 Å². The van der Waals surface area contributed by atoms with Gasteiger partial charge in [0.25, 0.3) is 0 Å². The van der Waals surface area contributed by atoms with Crippen molar-refractivity contribution in [2.45, 2.75) is 13.8 Å². The fraction of sp³-hybridized carbons (Fsp3) is 0.316. The molecule has 1 aliphatic heterocycles. The summed E-state index contributed by atoms with van der Waals surface area (Å²) in [5.74, 6) is 2.43. The molecule has 27 heavy (non-hydrogen) atoms. The van der Waals surface area contributed by atoms with Crippen LogP contribution in [0.3, 0.4) is 0 Å². The summed E-state index contributed by atoms with van der Waals surface area (Å²) in [6.45, 7) is 7.26. The van der Waals surface area contributed by atoms with E-state index in [0.29, 0.717) is 5.56 Å². The van der Waals surface area contributed by atoms with Crippen LogP contribution in [0.5, 0.6) is 0 Å². The molecule has 1 saturated heterocycles. The fourth-order valence-corrected chi connectivity index (χ4v) is 3.29. The Kier molecular flexibility index (Phi) is 4.42. The van der Waals surface area contributed by atoms with Crippen LogP contribution in [0.25, 0.3) is 5.82 Å². The average molecular weight is 360 g/mol. The molecule has 0 aromatic carbocycles. The van der Waals surface area contributed by atoms with Crippen LogP contribution in [0, 0.1) is 25.2 Å². The van der Waals surface area contributed by atoms with Crippen LogP contribution in [-0.4, -0.2) is 51.1 Å². The van der Waals surface area contributed by atoms with Crippen molar-refractivity contribution in [3.8, 4) is 11.9 Å². The molecule has 0 amide bonds. The molecule has 0 N–H and O–H groups in total. The van der Waals surface area contributed by atoms with E-state index in [1.165, 1.54) is 0 Å². The Morgan fingerprint density at radius 2 is 1.56 bits per heavy atom. The van der Waals surface area contributed by atoms with Crippen molar-refractivity contribution >= 4 is 11.6 Å². The third-order valence-corrected chi connectivity index (χ3v) is 4.67. The van der Waals surface area contributed by atoms with E-state index in [4.69, 9.17) is 5.26 Å². The van der Waals surface area contributed by atoms with E-state index >= 15 is 0 Å². The first-order valence-corrected chi connectivity index (χ1v) is 8.87. The predicted octanol–water partition coefficient (Wildman–Crippen LogP) is 1.87. The highest BCUT2D eigenvalue weighted by Crippen LogP contribution is 2.19. The standard InChI is InChI=1S/C19H20N8/c1-14-11-15(2)27(24-14)18-4-3-17(22-23-18)25-7-9-26(10-8-25)19-12-16(13-20)5-6-21-19/h3-6,11-12H,7-10H2,1-2H3. The number of hydrogen-bond acceptors (Lipinski definition) is 7. The van der Waals surface area contributed by atoms with Gasteiger partial charge in [0.1, 0.15) is 5.82 Å². The summed E-state index contributed by atoms with van der Waals surface area (Å²) in [6.07, 6.45) is 1.68. The smallest absolute Gasteiger partial charge is 0.176 e. The highest BCUT2D eigenvalue weighted by atomic mass is 15.4. The maximum Gasteiger partial charge on any atom is 0.176 e. The van der Waals surface area contributed by atoms with Crippen molar-refractivity contribution in [3.63, 3.8) is 0 Å². The Morgan fingerprint density at radius 3 is 2.15 bits per heavy atom. The Morgan fingerprint density at radius 1 is 0.889 bits per heavy atom. The third-order valence-electron chi connectivity index (χ3n) is 4.67. The molecule has 1 fully saturated rings. The Labute approximate surface area is 157 Å². The van der Waals surface area contributed by atoms with Crippen molar-refractivity contribution in [1.82, 2.24) is 25.0 Å². The van der Waals surface area contributed by atoms with E-state index in [-0.39, 0.29) is 0 Å². The summed E-state index contributed by atoms with van der Waals surface area (Å²) in [5.41, 5.74) is 2.63. The lowest BCUT2D eigenvalue weighted by atomic mass is 10.2. The third kappa shape index (κ3) is 3.44. The van der Waals surface area contributed by atoms with Gasteiger partial charge in [-0.15, -0.1) is 10.2 Å². The Bertz CT molecular complexity index is 978. The molecule has 8 heteroatoms. The van der Waals surface area contributed by atoms with Crippen molar-refractivity contribution in [2.24, 2.45) is 0 Å². The second-order valence-electron chi connectivity index (χ2n) is 6.58. The molecule has 0 spiro atoms. The SMILES string of the molecule is Cc1cc(C)n(-c2ccc(N3CCN(c4cc(C#N)ccn4)CC3)nn2)n1. The number of anilines is 2. The highest BCUT2D eigenvalue weighted by Gasteiger charge is 2.20. The Hall–Kier alpha value is -3.47. The number of pyridine rings is 1. The number of nitriles is 1. The maximum absolute atomic E-state index is 9.05. The van der Waals surface area contributed by atoms with Gasteiger partial charge in [0.05, 0.1) is 17.3 Å². The molecule has 4 heterocycles. The fourth-order valence-electron chi connectivity index (χ4n) is 3.29. The molecule has 0 atom stereocenters. The van der Waals surface area contributed by atoms with Gasteiger partial charge in [-0.25, -0.2) is 9.67 Å². The molecule has 0 aliphatic carbocycles. The maximum atomic E-state index is 9.05. The lowest BCUT2D eigenvalue weighted by molar-refractivity contribution is 0.636. The second kappa shape index (κ2) is 7.03. The van der Waals surface area contributed by atoms with Crippen LogP contribution < -0.4 is 9.80 Å². The van der Waals surface area contributed by atoms with Crippen LogP contribution in [0.4, 0.5) is 11.6 Å². The molecule has 0 radical (unpaired) electrons. The zero-order chi connectivity index (χ0) is 18.8. The monoisotopic (exact) mass is 360 g/mol. The van der Waals surface area contributed by atoms with E-state index < -0.39 is 0 Å². The van der Waals surface area contributed by atoms with Gasteiger partial charge in [-0.05, 0) is 44.2 Å². The van der Waals surface area contributed by atoms with Gasteiger partial charge in [0, 0.05) is 38.1 Å². The van der Waals surface area contributed by atoms with E-state index in [9.17, 15) is 0 Å². The largest absolute Gasteiger partial charge is 0.353 e. The van der Waals surface area contributed by atoms with Crippen molar-refractivity contribution in [1.29, 1.82) is 5.26 Å². The molecule has 0 unspecified atom stereocenters. The molecule has 0 bridgehead atoms. The number of piperazine rings is 1. The van der Waals surface area contributed by atoms with Gasteiger partial charge in [-0.2, -0.15) is 10.4 Å². The average Bonchev–Trinajstić information content (AvgIpc) is 3.06. The quantitative estimate of drug-likeness (QED) is 0.705. The molecule has 3 aromatic rings. The number of rotatable bonds is 3. The first-order valence-electron chi connectivity index (χ1n) is 8.87. The molecule has 0 saturated carbocycles. The predicted molar refractivity (Wildman–Crippen MR) is 102 cm³/mol. The summed E-state index contributed by atoms with van der Waals surface area (Å²) in [6, 6.07) is 11.7. The number of hydrogen-bond donors (Lipinski definition) is 0. The topological polar surface area (TPSA) is 86.8 Å². The van der Waals surface area contributed by atoms with Crippen molar-refractivity contribution < 1.29 is 0 Å². The number of aromatic nitrogens is 5. The molecular formula is C19H20N8. The number of aryl methyl sites for hydroxylation is 2. The van der Waals surface area contributed by atoms with Gasteiger partial charge in [0.15, 0.2) is 11.6 Å². The normalized spacial score (nSPS) is 14.3. The van der Waals surface area contributed by atoms with Gasteiger partial charge in [0.2, 0.25) is 0 Å². The first-order chi connectivity index (χ1) is 13.1. The first kappa shape index (κ1) is 17.0. The van der Waals surface area contributed by atoms with Gasteiger partial charge in [-0.1, -0.05) is 0 Å². The number of nitrogens with zero attached hydrogens (tertiary/aromatic N) is 8.